The van der Waals surface area contributed by atoms with E-state index in [0.29, 0.717) is 6.04 Å². The fourth-order valence-electron chi connectivity index (χ4n) is 4.57. The van der Waals surface area contributed by atoms with Crippen molar-refractivity contribution in [2.75, 3.05) is 58.9 Å². The summed E-state index contributed by atoms with van der Waals surface area (Å²) in [5.74, 6) is 0.953. The summed E-state index contributed by atoms with van der Waals surface area (Å²) in [4.78, 5) is 12.5. The molecule has 0 aliphatic carbocycles. The topological polar surface area (TPSA) is 46.1 Å². The molecular formula is C25H45IN6. The van der Waals surface area contributed by atoms with Gasteiger partial charge in [-0.2, -0.15) is 0 Å². The largest absolute Gasteiger partial charge is 0.357 e. The molecule has 3 rings (SSSR count). The zero-order chi connectivity index (χ0) is 21.9. The van der Waals surface area contributed by atoms with Crippen LogP contribution in [0.3, 0.4) is 0 Å². The third-order valence-electron chi connectivity index (χ3n) is 6.57. The van der Waals surface area contributed by atoms with Crippen molar-refractivity contribution in [2.24, 2.45) is 4.99 Å². The monoisotopic (exact) mass is 556 g/mol. The van der Waals surface area contributed by atoms with Crippen molar-refractivity contribution in [2.45, 2.75) is 59.2 Å². The van der Waals surface area contributed by atoms with Gasteiger partial charge in [-0.05, 0) is 50.4 Å². The first-order valence-electron chi connectivity index (χ1n) is 12.5. The Morgan fingerprint density at radius 1 is 0.875 bits per heavy atom. The van der Waals surface area contributed by atoms with Gasteiger partial charge >= 0.3 is 0 Å². The molecule has 0 radical (unpaired) electrons. The Morgan fingerprint density at radius 3 is 2.09 bits per heavy atom. The first-order chi connectivity index (χ1) is 15.2. The molecule has 2 heterocycles. The predicted octanol–water partition coefficient (Wildman–Crippen LogP) is 3.37. The van der Waals surface area contributed by atoms with E-state index in [0.717, 1.165) is 25.6 Å². The van der Waals surface area contributed by atoms with Crippen LogP contribution < -0.4 is 10.6 Å². The van der Waals surface area contributed by atoms with E-state index in [2.05, 4.69) is 70.4 Å². The first-order valence-corrected chi connectivity index (χ1v) is 12.5. The molecule has 0 bridgehead atoms. The Morgan fingerprint density at radius 2 is 1.50 bits per heavy atom. The molecule has 6 nitrogen and oxygen atoms in total. The molecule has 2 aliphatic heterocycles. The summed E-state index contributed by atoms with van der Waals surface area (Å²) in [7, 11) is 0. The molecule has 2 fully saturated rings. The van der Waals surface area contributed by atoms with Gasteiger partial charge in [0.05, 0.1) is 6.54 Å². The number of hydrogen-bond donors (Lipinski definition) is 2. The smallest absolute Gasteiger partial charge is 0.191 e. The quantitative estimate of drug-likeness (QED) is 0.278. The van der Waals surface area contributed by atoms with Crippen molar-refractivity contribution in [1.82, 2.24) is 25.3 Å². The Bertz CT molecular complexity index is 649. The maximum Gasteiger partial charge on any atom is 0.191 e. The van der Waals surface area contributed by atoms with E-state index in [4.69, 9.17) is 4.99 Å². The second kappa shape index (κ2) is 15.1. The minimum Gasteiger partial charge on any atom is -0.357 e. The molecule has 0 unspecified atom stereocenters. The van der Waals surface area contributed by atoms with Crippen LogP contribution in [-0.2, 0) is 13.1 Å². The number of rotatable bonds is 9. The van der Waals surface area contributed by atoms with Crippen molar-refractivity contribution in [1.29, 1.82) is 0 Å². The highest BCUT2D eigenvalue weighted by Crippen LogP contribution is 2.12. The summed E-state index contributed by atoms with van der Waals surface area (Å²) >= 11 is 0. The van der Waals surface area contributed by atoms with Gasteiger partial charge in [0.25, 0.3) is 0 Å². The van der Waals surface area contributed by atoms with E-state index < -0.39 is 0 Å². The van der Waals surface area contributed by atoms with Gasteiger partial charge in [0.1, 0.15) is 0 Å². The zero-order valence-electron chi connectivity index (χ0n) is 20.5. The number of piperazine rings is 1. The van der Waals surface area contributed by atoms with Crippen LogP contribution in [0, 0.1) is 0 Å². The lowest BCUT2D eigenvalue weighted by atomic mass is 10.1. The Labute approximate surface area is 213 Å². The number of nitrogens with one attached hydrogen (secondary N) is 2. The molecule has 2 saturated heterocycles. The number of benzene rings is 1. The molecular weight excluding hydrogens is 511 g/mol. The fraction of sp³-hybridized carbons (Fsp3) is 0.720. The van der Waals surface area contributed by atoms with E-state index in [9.17, 15) is 0 Å². The van der Waals surface area contributed by atoms with Crippen molar-refractivity contribution >= 4 is 29.9 Å². The van der Waals surface area contributed by atoms with Gasteiger partial charge in [0, 0.05) is 58.4 Å². The molecule has 2 aliphatic rings. The van der Waals surface area contributed by atoms with Crippen LogP contribution >= 0.6 is 24.0 Å². The number of likely N-dealkylation sites (N-methyl/N-ethyl adjacent to an activating group) is 1. The maximum absolute atomic E-state index is 4.86. The summed E-state index contributed by atoms with van der Waals surface area (Å²) in [5, 5.41) is 7.09. The average molecular weight is 557 g/mol. The third kappa shape index (κ3) is 9.15. The molecule has 2 N–H and O–H groups in total. The summed E-state index contributed by atoms with van der Waals surface area (Å²) < 4.78 is 0. The highest BCUT2D eigenvalue weighted by atomic mass is 127. The molecule has 0 aromatic heterocycles. The lowest BCUT2D eigenvalue weighted by Crippen LogP contribution is -2.48. The molecule has 7 heteroatoms. The van der Waals surface area contributed by atoms with Gasteiger partial charge in [-0.1, -0.05) is 38.1 Å². The van der Waals surface area contributed by atoms with Crippen LogP contribution in [0.1, 0.15) is 51.2 Å². The zero-order valence-corrected chi connectivity index (χ0v) is 22.8. The molecule has 0 saturated carbocycles. The standard InChI is InChI=1S/C25H44N6.HI/c1-4-13-30-14-11-24(12-15-30)28-25(26-5-2)27-20-22-7-9-23(10-8-22)21-31-18-16-29(6-3)17-19-31;/h7-10,24H,4-6,11-21H2,1-3H3,(H2,26,27,28);1H. The number of guanidine groups is 1. The fourth-order valence-corrected chi connectivity index (χ4v) is 4.57. The van der Waals surface area contributed by atoms with Crippen LogP contribution in [0.4, 0.5) is 0 Å². The number of nitrogens with zero attached hydrogens (tertiary/aromatic N) is 4. The SMILES string of the molecule is CCCN1CCC(NC(=NCc2ccc(CN3CCN(CC)CC3)cc2)NCC)CC1.I. The van der Waals surface area contributed by atoms with Crippen LogP contribution in [0.2, 0.25) is 0 Å². The second-order valence-corrected chi connectivity index (χ2v) is 8.98. The van der Waals surface area contributed by atoms with E-state index in [1.807, 2.05) is 0 Å². The Hall–Kier alpha value is -0.900. The average Bonchev–Trinajstić information content (AvgIpc) is 2.80. The first kappa shape index (κ1) is 27.3. The minimum atomic E-state index is 0. The van der Waals surface area contributed by atoms with Gasteiger partial charge in [-0.3, -0.25) is 4.90 Å². The van der Waals surface area contributed by atoms with Crippen molar-refractivity contribution in [3.63, 3.8) is 0 Å². The van der Waals surface area contributed by atoms with Crippen LogP contribution in [0.15, 0.2) is 29.3 Å². The summed E-state index contributed by atoms with van der Waals surface area (Å²) in [5.41, 5.74) is 2.68. The summed E-state index contributed by atoms with van der Waals surface area (Å²) in [6.45, 7) is 18.9. The second-order valence-electron chi connectivity index (χ2n) is 8.98. The molecule has 0 spiro atoms. The molecule has 32 heavy (non-hydrogen) atoms. The van der Waals surface area contributed by atoms with Gasteiger partial charge in [0.15, 0.2) is 5.96 Å². The highest BCUT2D eigenvalue weighted by molar-refractivity contribution is 14.0. The highest BCUT2D eigenvalue weighted by Gasteiger charge is 2.19. The van der Waals surface area contributed by atoms with E-state index >= 15 is 0 Å². The summed E-state index contributed by atoms with van der Waals surface area (Å²) in [6, 6.07) is 9.57. The summed E-state index contributed by atoms with van der Waals surface area (Å²) in [6.07, 6.45) is 3.65. The van der Waals surface area contributed by atoms with Crippen LogP contribution in [0.5, 0.6) is 0 Å². The Balaban J connectivity index is 0.00000363. The third-order valence-corrected chi connectivity index (χ3v) is 6.57. The van der Waals surface area contributed by atoms with Crippen LogP contribution in [-0.4, -0.2) is 85.6 Å². The molecule has 1 aromatic rings. The predicted molar refractivity (Wildman–Crippen MR) is 147 cm³/mol. The molecule has 182 valence electrons. The van der Waals surface area contributed by atoms with Crippen molar-refractivity contribution in [3.05, 3.63) is 35.4 Å². The van der Waals surface area contributed by atoms with E-state index in [-0.39, 0.29) is 24.0 Å². The van der Waals surface area contributed by atoms with E-state index in [1.165, 1.54) is 82.7 Å². The number of hydrogen-bond acceptors (Lipinski definition) is 4. The van der Waals surface area contributed by atoms with Crippen LogP contribution in [0.25, 0.3) is 0 Å². The van der Waals surface area contributed by atoms with Gasteiger partial charge in [-0.25, -0.2) is 4.99 Å². The van der Waals surface area contributed by atoms with Crippen molar-refractivity contribution in [3.8, 4) is 0 Å². The maximum atomic E-state index is 4.86. The lowest BCUT2D eigenvalue weighted by molar-refractivity contribution is 0.132. The number of aliphatic imine (C=N–C) groups is 1. The van der Waals surface area contributed by atoms with Gasteiger partial charge in [-0.15, -0.1) is 24.0 Å². The minimum absolute atomic E-state index is 0. The lowest BCUT2D eigenvalue weighted by Gasteiger charge is -2.34. The molecule has 0 atom stereocenters. The van der Waals surface area contributed by atoms with E-state index in [1.54, 1.807) is 0 Å². The molecule has 1 aromatic carbocycles. The molecule has 0 amide bonds. The number of halogens is 1. The van der Waals surface area contributed by atoms with Crippen molar-refractivity contribution < 1.29 is 0 Å². The van der Waals surface area contributed by atoms with Gasteiger partial charge in [0.2, 0.25) is 0 Å². The number of piperidine rings is 1. The number of likely N-dealkylation sites (tertiary alicyclic amines) is 1. The normalized spacial score (nSPS) is 19.5. The Kier molecular flexibility index (Phi) is 12.9. The van der Waals surface area contributed by atoms with Gasteiger partial charge < -0.3 is 20.4 Å².